The summed E-state index contributed by atoms with van der Waals surface area (Å²) < 4.78 is 1.84. The van der Waals surface area contributed by atoms with Crippen LogP contribution in [0.1, 0.15) is 17.8 Å². The highest BCUT2D eigenvalue weighted by atomic mass is 15.4. The van der Waals surface area contributed by atoms with E-state index in [0.717, 1.165) is 36.6 Å². The van der Waals surface area contributed by atoms with Gasteiger partial charge in [-0.15, -0.1) is 5.10 Å². The normalized spacial score (nSPS) is 15.5. The van der Waals surface area contributed by atoms with Crippen molar-refractivity contribution in [3.8, 4) is 5.69 Å². The summed E-state index contributed by atoms with van der Waals surface area (Å²) in [5, 5.41) is 11.8. The molecule has 0 fully saturated rings. The maximum atomic E-state index is 4.30. The minimum absolute atomic E-state index is 0.911. The molecule has 18 heavy (non-hydrogen) atoms. The zero-order valence-corrected chi connectivity index (χ0v) is 10.3. The van der Waals surface area contributed by atoms with Gasteiger partial charge in [-0.1, -0.05) is 11.3 Å². The van der Waals surface area contributed by atoms with Crippen molar-refractivity contribution < 1.29 is 0 Å². The molecule has 0 aromatic carbocycles. The highest BCUT2D eigenvalue weighted by molar-refractivity contribution is 5.65. The van der Waals surface area contributed by atoms with E-state index >= 15 is 0 Å². The summed E-state index contributed by atoms with van der Waals surface area (Å²) >= 11 is 0. The van der Waals surface area contributed by atoms with Gasteiger partial charge in [0, 0.05) is 12.7 Å². The molecule has 2 aromatic rings. The molecule has 0 saturated carbocycles. The largest absolute Gasteiger partial charge is 0.313 e. The third-order valence-electron chi connectivity index (χ3n) is 3.15. The molecule has 2 aromatic heterocycles. The van der Waals surface area contributed by atoms with Gasteiger partial charge in [0.1, 0.15) is 5.69 Å². The molecule has 0 aliphatic carbocycles. The second-order valence-electron chi connectivity index (χ2n) is 4.33. The molecule has 0 atom stereocenters. The van der Waals surface area contributed by atoms with Crippen LogP contribution >= 0.6 is 0 Å². The van der Waals surface area contributed by atoms with Gasteiger partial charge in [0.25, 0.3) is 0 Å². The second-order valence-corrected chi connectivity index (χ2v) is 4.33. The maximum absolute atomic E-state index is 4.30. The summed E-state index contributed by atoms with van der Waals surface area (Å²) in [6, 6.07) is 3.88. The van der Waals surface area contributed by atoms with Crippen LogP contribution < -0.4 is 5.32 Å². The van der Waals surface area contributed by atoms with Crippen molar-refractivity contribution in [3.05, 3.63) is 42.0 Å². The summed E-state index contributed by atoms with van der Waals surface area (Å²) in [6.45, 7) is 3.96. The number of nitrogens with one attached hydrogen (secondary N) is 1. The molecule has 3 rings (SSSR count). The molecule has 0 unspecified atom stereocenters. The summed E-state index contributed by atoms with van der Waals surface area (Å²) in [6.07, 6.45) is 6.74. The van der Waals surface area contributed by atoms with Crippen LogP contribution in [-0.2, 0) is 0 Å². The molecule has 1 N–H and O–H groups in total. The van der Waals surface area contributed by atoms with Crippen molar-refractivity contribution in [2.24, 2.45) is 0 Å². The van der Waals surface area contributed by atoms with E-state index in [4.69, 9.17) is 0 Å². The average Bonchev–Trinajstić information content (AvgIpc) is 2.83. The number of hydrogen-bond donors (Lipinski definition) is 1. The molecule has 92 valence electrons. The van der Waals surface area contributed by atoms with Crippen molar-refractivity contribution in [3.63, 3.8) is 0 Å². The van der Waals surface area contributed by atoms with E-state index in [1.165, 1.54) is 5.57 Å². The van der Waals surface area contributed by atoms with E-state index in [0.29, 0.717) is 0 Å². The Bertz CT molecular complexity index is 570. The lowest BCUT2D eigenvalue weighted by molar-refractivity contribution is 0.736. The zero-order valence-electron chi connectivity index (χ0n) is 10.3. The van der Waals surface area contributed by atoms with Crippen LogP contribution in [0, 0.1) is 6.92 Å². The van der Waals surface area contributed by atoms with E-state index in [1.807, 2.05) is 23.7 Å². The van der Waals surface area contributed by atoms with Crippen molar-refractivity contribution in [2.45, 2.75) is 13.3 Å². The van der Waals surface area contributed by atoms with E-state index in [-0.39, 0.29) is 0 Å². The Morgan fingerprint density at radius 3 is 3.06 bits per heavy atom. The van der Waals surface area contributed by atoms with E-state index in [2.05, 4.69) is 26.7 Å². The highest BCUT2D eigenvalue weighted by Crippen LogP contribution is 2.22. The molecule has 5 nitrogen and oxygen atoms in total. The lowest BCUT2D eigenvalue weighted by Crippen LogP contribution is -2.20. The van der Waals surface area contributed by atoms with Crippen LogP contribution in [0.2, 0.25) is 0 Å². The minimum atomic E-state index is 0.911. The van der Waals surface area contributed by atoms with Gasteiger partial charge >= 0.3 is 0 Å². The predicted octanol–water partition coefficient (Wildman–Crippen LogP) is 1.35. The molecule has 5 heteroatoms. The molecule has 3 heterocycles. The first-order valence-electron chi connectivity index (χ1n) is 6.09. The summed E-state index contributed by atoms with van der Waals surface area (Å²) in [7, 11) is 0. The number of hydrogen-bond acceptors (Lipinski definition) is 4. The van der Waals surface area contributed by atoms with Gasteiger partial charge in [-0.25, -0.2) is 4.68 Å². The van der Waals surface area contributed by atoms with E-state index in [9.17, 15) is 0 Å². The van der Waals surface area contributed by atoms with Crippen LogP contribution in [-0.4, -0.2) is 33.1 Å². The molecule has 0 bridgehead atoms. The summed E-state index contributed by atoms with van der Waals surface area (Å²) in [5.74, 6) is 0. The highest BCUT2D eigenvalue weighted by Gasteiger charge is 2.15. The Labute approximate surface area is 106 Å². The molecular formula is C13H15N5. The van der Waals surface area contributed by atoms with Crippen LogP contribution in [0.25, 0.3) is 11.3 Å². The molecule has 0 saturated heterocycles. The Kier molecular flexibility index (Phi) is 2.90. The molecule has 1 aliphatic rings. The Hall–Kier alpha value is -2.01. The quantitative estimate of drug-likeness (QED) is 0.862. The van der Waals surface area contributed by atoms with Gasteiger partial charge < -0.3 is 5.32 Å². The standard InChI is InChI=1S/C13H15N5/c1-10-13(11-4-7-14-8-5-11)16-17-18(10)12-3-2-6-15-9-12/h2-4,6,9,14H,5,7-8H2,1H3. The smallest absolute Gasteiger partial charge is 0.112 e. The maximum Gasteiger partial charge on any atom is 0.112 e. The predicted molar refractivity (Wildman–Crippen MR) is 69.4 cm³/mol. The Balaban J connectivity index is 2.00. The molecule has 0 spiro atoms. The molecule has 0 radical (unpaired) electrons. The van der Waals surface area contributed by atoms with E-state index < -0.39 is 0 Å². The van der Waals surface area contributed by atoms with Gasteiger partial charge in [0.15, 0.2) is 0 Å². The topological polar surface area (TPSA) is 55.6 Å². The van der Waals surface area contributed by atoms with Crippen LogP contribution in [0.4, 0.5) is 0 Å². The van der Waals surface area contributed by atoms with Crippen molar-refractivity contribution >= 4 is 5.57 Å². The fourth-order valence-electron chi connectivity index (χ4n) is 2.19. The third kappa shape index (κ3) is 1.93. The minimum Gasteiger partial charge on any atom is -0.313 e. The molecule has 0 amide bonds. The van der Waals surface area contributed by atoms with Gasteiger partial charge in [0.05, 0.1) is 17.6 Å². The zero-order chi connectivity index (χ0) is 12.4. The second kappa shape index (κ2) is 4.70. The summed E-state index contributed by atoms with van der Waals surface area (Å²) in [5.41, 5.74) is 4.29. The van der Waals surface area contributed by atoms with Crippen LogP contribution in [0.5, 0.6) is 0 Å². The Morgan fingerprint density at radius 1 is 1.39 bits per heavy atom. The van der Waals surface area contributed by atoms with Gasteiger partial charge in [-0.3, -0.25) is 4.98 Å². The first-order valence-corrected chi connectivity index (χ1v) is 6.09. The van der Waals surface area contributed by atoms with Gasteiger partial charge in [-0.05, 0) is 37.6 Å². The Morgan fingerprint density at radius 2 is 2.33 bits per heavy atom. The third-order valence-corrected chi connectivity index (χ3v) is 3.15. The van der Waals surface area contributed by atoms with Crippen LogP contribution in [0.3, 0.4) is 0 Å². The fraction of sp³-hybridized carbons (Fsp3) is 0.308. The average molecular weight is 241 g/mol. The number of nitrogens with zero attached hydrogens (tertiary/aromatic N) is 4. The van der Waals surface area contributed by atoms with Crippen LogP contribution in [0.15, 0.2) is 30.6 Å². The monoisotopic (exact) mass is 241 g/mol. The number of rotatable bonds is 2. The summed E-state index contributed by atoms with van der Waals surface area (Å²) in [4.78, 5) is 4.11. The fourth-order valence-corrected chi connectivity index (χ4v) is 2.19. The van der Waals surface area contributed by atoms with Crippen molar-refractivity contribution in [2.75, 3.05) is 13.1 Å². The van der Waals surface area contributed by atoms with Gasteiger partial charge in [-0.2, -0.15) is 0 Å². The van der Waals surface area contributed by atoms with Gasteiger partial charge in [0.2, 0.25) is 0 Å². The lowest BCUT2D eigenvalue weighted by Gasteiger charge is -2.12. The SMILES string of the molecule is Cc1c(C2=CCNCC2)nnn1-c1cccnc1. The molecule has 1 aliphatic heterocycles. The van der Waals surface area contributed by atoms with E-state index in [1.54, 1.807) is 12.4 Å². The lowest BCUT2D eigenvalue weighted by atomic mass is 10.0. The first kappa shape index (κ1) is 11.1. The molecular weight excluding hydrogens is 226 g/mol. The van der Waals surface area contributed by atoms with Crippen molar-refractivity contribution in [1.29, 1.82) is 0 Å². The number of aromatic nitrogens is 4. The number of pyridine rings is 1. The van der Waals surface area contributed by atoms with Crippen molar-refractivity contribution in [1.82, 2.24) is 25.3 Å². The first-order chi connectivity index (χ1) is 8.86.